The third-order valence-corrected chi connectivity index (χ3v) is 6.79. The van der Waals surface area contributed by atoms with Crippen molar-refractivity contribution in [1.82, 2.24) is 15.4 Å². The van der Waals surface area contributed by atoms with Gasteiger partial charge in [-0.25, -0.2) is 8.42 Å². The quantitative estimate of drug-likeness (QED) is 0.503. The minimum Gasteiger partial charge on any atom is -0.492 e. The van der Waals surface area contributed by atoms with Crippen LogP contribution in [0.3, 0.4) is 0 Å². The van der Waals surface area contributed by atoms with E-state index in [0.717, 1.165) is 11.3 Å². The highest BCUT2D eigenvalue weighted by atomic mass is 32.2. The van der Waals surface area contributed by atoms with Gasteiger partial charge in [-0.05, 0) is 54.7 Å². The molecule has 2 rings (SSSR count). The van der Waals surface area contributed by atoms with E-state index in [1.807, 2.05) is 31.4 Å². The van der Waals surface area contributed by atoms with Crippen molar-refractivity contribution in [3.8, 4) is 5.75 Å². The Morgan fingerprint density at radius 1 is 1.31 bits per heavy atom. The zero-order valence-corrected chi connectivity index (χ0v) is 19.0. The minimum absolute atomic E-state index is 0.0284. The number of hydrogen-bond donors (Lipinski definition) is 3. The average Bonchev–Trinajstić information content (AvgIpc) is 3.21. The molecule has 7 nitrogen and oxygen atoms in total. The largest absolute Gasteiger partial charge is 0.492 e. The molecule has 2 aromatic rings. The molecule has 0 saturated heterocycles. The third kappa shape index (κ3) is 6.69. The smallest absolute Gasteiger partial charge is 0.267 e. The molecule has 1 heterocycles. The molecule has 1 atom stereocenters. The maximum Gasteiger partial charge on any atom is 0.267 e. The predicted octanol–water partition coefficient (Wildman–Crippen LogP) is 2.74. The van der Waals surface area contributed by atoms with Gasteiger partial charge in [0.1, 0.15) is 10.6 Å². The molecule has 0 aliphatic heterocycles. The van der Waals surface area contributed by atoms with Gasteiger partial charge in [0.15, 0.2) is 5.11 Å². The Balaban J connectivity index is 2.22. The molecule has 1 aromatic carbocycles. The molecule has 29 heavy (non-hydrogen) atoms. The van der Waals surface area contributed by atoms with Crippen LogP contribution in [0.5, 0.6) is 5.75 Å². The van der Waals surface area contributed by atoms with Crippen molar-refractivity contribution in [1.29, 1.82) is 0 Å². The van der Waals surface area contributed by atoms with Gasteiger partial charge in [0.25, 0.3) is 10.0 Å². The van der Waals surface area contributed by atoms with Crippen molar-refractivity contribution < 1.29 is 17.9 Å². The van der Waals surface area contributed by atoms with E-state index >= 15 is 0 Å². The molecule has 0 fully saturated rings. The highest BCUT2D eigenvalue weighted by Gasteiger charge is 2.22. The fourth-order valence-corrected chi connectivity index (χ4v) is 4.74. The fraction of sp³-hybridized carbons (Fsp3) is 0.368. The topological polar surface area (TPSA) is 96.5 Å². The Morgan fingerprint density at radius 2 is 2.07 bits per heavy atom. The first-order valence-corrected chi connectivity index (χ1v) is 11.9. The standard InChI is InChI=1S/C19H25N3O4S3/c1-4-9-26-15-8-7-14(11-17(15)29(24,25)22-19(27)20-3)12-18(23)21-13(2)16-6-5-10-28-16/h5-8,10-11,13H,4,9,12H2,1-3H3,(H,21,23)(H2,20,22,27). The molecule has 0 saturated carbocycles. The molecular weight excluding hydrogens is 430 g/mol. The van der Waals surface area contributed by atoms with Crippen molar-refractivity contribution >= 4 is 44.6 Å². The average molecular weight is 456 g/mol. The van der Waals surface area contributed by atoms with Gasteiger partial charge in [0, 0.05) is 11.9 Å². The van der Waals surface area contributed by atoms with Crippen LogP contribution in [0, 0.1) is 0 Å². The second kappa shape index (κ2) is 10.6. The van der Waals surface area contributed by atoms with Crippen molar-refractivity contribution in [2.24, 2.45) is 0 Å². The van der Waals surface area contributed by atoms with E-state index in [1.54, 1.807) is 23.5 Å². The SMILES string of the molecule is CCCOc1ccc(CC(=O)NC(C)c2cccs2)cc1S(=O)(=O)NC(=S)NC. The summed E-state index contributed by atoms with van der Waals surface area (Å²) in [4.78, 5) is 13.4. The zero-order valence-electron chi connectivity index (χ0n) is 16.5. The molecule has 10 heteroatoms. The van der Waals surface area contributed by atoms with E-state index < -0.39 is 10.0 Å². The predicted molar refractivity (Wildman–Crippen MR) is 119 cm³/mol. The molecule has 0 radical (unpaired) electrons. The number of sulfonamides is 1. The fourth-order valence-electron chi connectivity index (χ4n) is 2.52. The summed E-state index contributed by atoms with van der Waals surface area (Å²) >= 11 is 6.48. The number of carbonyl (C=O) groups excluding carboxylic acids is 1. The Kier molecular flexibility index (Phi) is 8.42. The number of thiocarbonyl (C=S) groups is 1. The second-order valence-corrected chi connectivity index (χ2v) is 9.33. The number of amides is 1. The Bertz CT molecular complexity index is 944. The van der Waals surface area contributed by atoms with Crippen molar-refractivity contribution in [3.05, 3.63) is 46.2 Å². The third-order valence-electron chi connectivity index (χ3n) is 3.93. The number of nitrogens with one attached hydrogen (secondary N) is 3. The molecule has 1 unspecified atom stereocenters. The van der Waals surface area contributed by atoms with Crippen LogP contribution in [-0.4, -0.2) is 33.1 Å². The van der Waals surface area contributed by atoms with Gasteiger partial charge < -0.3 is 15.4 Å². The monoisotopic (exact) mass is 455 g/mol. The lowest BCUT2D eigenvalue weighted by atomic mass is 10.1. The highest BCUT2D eigenvalue weighted by molar-refractivity contribution is 7.92. The summed E-state index contributed by atoms with van der Waals surface area (Å²) in [6.07, 6.45) is 0.773. The van der Waals surface area contributed by atoms with Crippen LogP contribution in [-0.2, 0) is 21.2 Å². The van der Waals surface area contributed by atoms with Gasteiger partial charge in [-0.15, -0.1) is 11.3 Å². The van der Waals surface area contributed by atoms with Crippen LogP contribution in [0.1, 0.15) is 36.8 Å². The van der Waals surface area contributed by atoms with Crippen LogP contribution < -0.4 is 20.1 Å². The van der Waals surface area contributed by atoms with Gasteiger partial charge in [-0.3, -0.25) is 9.52 Å². The van der Waals surface area contributed by atoms with E-state index in [0.29, 0.717) is 12.2 Å². The molecule has 1 amide bonds. The molecule has 158 valence electrons. The summed E-state index contributed by atoms with van der Waals surface area (Å²) in [5.41, 5.74) is 0.556. The molecule has 0 spiro atoms. The zero-order chi connectivity index (χ0) is 21.4. The summed E-state index contributed by atoms with van der Waals surface area (Å²) in [6, 6.07) is 8.47. The molecule has 0 bridgehead atoms. The summed E-state index contributed by atoms with van der Waals surface area (Å²) in [5.74, 6) is 0.0181. The normalized spacial score (nSPS) is 12.1. The minimum atomic E-state index is -3.96. The van der Waals surface area contributed by atoms with Gasteiger partial charge >= 0.3 is 0 Å². The summed E-state index contributed by atoms with van der Waals surface area (Å²) in [5, 5.41) is 7.42. The van der Waals surface area contributed by atoms with E-state index in [1.165, 1.54) is 13.1 Å². The summed E-state index contributed by atoms with van der Waals surface area (Å²) in [7, 11) is -2.44. The first-order valence-electron chi connectivity index (χ1n) is 9.09. The highest BCUT2D eigenvalue weighted by Crippen LogP contribution is 2.26. The van der Waals surface area contributed by atoms with Crippen molar-refractivity contribution in [3.63, 3.8) is 0 Å². The van der Waals surface area contributed by atoms with E-state index in [2.05, 4.69) is 15.4 Å². The van der Waals surface area contributed by atoms with Crippen LogP contribution in [0.4, 0.5) is 0 Å². The number of rotatable bonds is 9. The first-order chi connectivity index (χ1) is 13.8. The van der Waals surface area contributed by atoms with Crippen molar-refractivity contribution in [2.75, 3.05) is 13.7 Å². The van der Waals surface area contributed by atoms with Crippen LogP contribution >= 0.6 is 23.6 Å². The number of benzene rings is 1. The molecule has 0 aliphatic rings. The van der Waals surface area contributed by atoms with Crippen LogP contribution in [0.25, 0.3) is 0 Å². The Hall–Kier alpha value is -2.17. The van der Waals surface area contributed by atoms with Gasteiger partial charge in [0.05, 0.1) is 19.1 Å². The Morgan fingerprint density at radius 3 is 2.69 bits per heavy atom. The lowest BCUT2D eigenvalue weighted by Gasteiger charge is -2.16. The maximum absolute atomic E-state index is 12.7. The first kappa shape index (κ1) is 23.1. The molecule has 0 aliphatic carbocycles. The van der Waals surface area contributed by atoms with Crippen LogP contribution in [0.15, 0.2) is 40.6 Å². The van der Waals surface area contributed by atoms with Crippen LogP contribution in [0.2, 0.25) is 0 Å². The lowest BCUT2D eigenvalue weighted by molar-refractivity contribution is -0.121. The van der Waals surface area contributed by atoms with Gasteiger partial charge in [-0.1, -0.05) is 19.1 Å². The van der Waals surface area contributed by atoms with Crippen molar-refractivity contribution in [2.45, 2.75) is 37.6 Å². The number of ether oxygens (including phenoxy) is 1. The molecule has 1 aromatic heterocycles. The number of thiophene rings is 1. The second-order valence-electron chi connectivity index (χ2n) is 6.30. The Labute approximate surface area is 180 Å². The summed E-state index contributed by atoms with van der Waals surface area (Å²) < 4.78 is 33.3. The number of carbonyl (C=O) groups is 1. The van der Waals surface area contributed by atoms with Gasteiger partial charge in [0.2, 0.25) is 5.91 Å². The molecule has 3 N–H and O–H groups in total. The van der Waals surface area contributed by atoms with E-state index in [4.69, 9.17) is 17.0 Å². The number of hydrogen-bond acceptors (Lipinski definition) is 6. The lowest BCUT2D eigenvalue weighted by Crippen LogP contribution is -2.37. The maximum atomic E-state index is 12.7. The van der Waals surface area contributed by atoms with E-state index in [9.17, 15) is 13.2 Å². The van der Waals surface area contributed by atoms with Gasteiger partial charge in [-0.2, -0.15) is 0 Å². The molecular formula is C19H25N3O4S3. The van der Waals surface area contributed by atoms with E-state index in [-0.39, 0.29) is 34.1 Å². The summed E-state index contributed by atoms with van der Waals surface area (Å²) in [6.45, 7) is 4.21.